The van der Waals surface area contributed by atoms with Crippen molar-refractivity contribution in [2.24, 2.45) is 0 Å². The molecule has 0 saturated heterocycles. The minimum atomic E-state index is -0.411. The van der Waals surface area contributed by atoms with Crippen molar-refractivity contribution in [1.82, 2.24) is 5.32 Å². The van der Waals surface area contributed by atoms with E-state index in [1.165, 1.54) is 12.1 Å². The molecular formula is C11H15ClN2O2. The second kappa shape index (κ2) is 4.80. The van der Waals surface area contributed by atoms with Gasteiger partial charge >= 0.3 is 0 Å². The lowest BCUT2D eigenvalue weighted by atomic mass is 9.95. The van der Waals surface area contributed by atoms with E-state index < -0.39 is 4.92 Å². The Morgan fingerprint density at radius 2 is 2.12 bits per heavy atom. The summed E-state index contributed by atoms with van der Waals surface area (Å²) in [6, 6.07) is 4.51. The second-order valence-electron chi connectivity index (χ2n) is 4.34. The van der Waals surface area contributed by atoms with E-state index in [1.54, 1.807) is 6.07 Å². The van der Waals surface area contributed by atoms with Gasteiger partial charge in [-0.1, -0.05) is 11.6 Å². The van der Waals surface area contributed by atoms with E-state index in [-0.39, 0.29) is 11.2 Å². The van der Waals surface area contributed by atoms with Gasteiger partial charge in [-0.25, -0.2) is 0 Å². The van der Waals surface area contributed by atoms with Crippen molar-refractivity contribution >= 4 is 17.3 Å². The number of benzene rings is 1. The highest BCUT2D eigenvalue weighted by Crippen LogP contribution is 2.25. The summed E-state index contributed by atoms with van der Waals surface area (Å²) < 4.78 is 0. The van der Waals surface area contributed by atoms with E-state index >= 15 is 0 Å². The van der Waals surface area contributed by atoms with Crippen molar-refractivity contribution in [1.29, 1.82) is 0 Å². The van der Waals surface area contributed by atoms with Crippen molar-refractivity contribution in [3.8, 4) is 0 Å². The van der Waals surface area contributed by atoms with Crippen LogP contribution in [0.1, 0.15) is 19.4 Å². The van der Waals surface area contributed by atoms with Crippen LogP contribution in [0.15, 0.2) is 18.2 Å². The molecule has 0 unspecified atom stereocenters. The Labute approximate surface area is 99.8 Å². The molecule has 0 aliphatic carbocycles. The van der Waals surface area contributed by atoms with Crippen molar-refractivity contribution < 1.29 is 4.92 Å². The zero-order valence-corrected chi connectivity index (χ0v) is 10.3. The number of rotatable bonds is 4. The van der Waals surface area contributed by atoms with Gasteiger partial charge in [0.2, 0.25) is 0 Å². The maximum atomic E-state index is 10.6. The summed E-state index contributed by atoms with van der Waals surface area (Å²) in [5.41, 5.74) is 0.723. The Kier molecular flexibility index (Phi) is 3.88. The maximum Gasteiger partial charge on any atom is 0.269 e. The van der Waals surface area contributed by atoms with Crippen LogP contribution in [-0.2, 0) is 6.42 Å². The molecule has 5 heteroatoms. The quantitative estimate of drug-likeness (QED) is 0.653. The second-order valence-corrected chi connectivity index (χ2v) is 4.75. The molecule has 1 N–H and O–H groups in total. The van der Waals surface area contributed by atoms with Crippen LogP contribution in [-0.4, -0.2) is 17.5 Å². The molecule has 1 aromatic carbocycles. The molecule has 0 amide bonds. The third kappa shape index (κ3) is 3.18. The Hall–Kier alpha value is -1.13. The zero-order valence-electron chi connectivity index (χ0n) is 9.58. The highest BCUT2D eigenvalue weighted by atomic mass is 35.5. The summed E-state index contributed by atoms with van der Waals surface area (Å²) in [4.78, 5) is 10.2. The Morgan fingerprint density at radius 1 is 1.50 bits per heavy atom. The SMILES string of the molecule is CNC(C)(C)Cc1cc([N+](=O)[O-])ccc1Cl. The number of non-ortho nitro benzene ring substituents is 1. The molecule has 0 aliphatic heterocycles. The Morgan fingerprint density at radius 3 is 2.62 bits per heavy atom. The van der Waals surface area contributed by atoms with Crippen LogP contribution in [0.3, 0.4) is 0 Å². The number of likely N-dealkylation sites (N-methyl/N-ethyl adjacent to an activating group) is 1. The molecule has 0 atom stereocenters. The van der Waals surface area contributed by atoms with Crippen molar-refractivity contribution in [3.05, 3.63) is 38.9 Å². The number of hydrogen-bond donors (Lipinski definition) is 1. The van der Waals surface area contributed by atoms with Crippen molar-refractivity contribution in [2.45, 2.75) is 25.8 Å². The lowest BCUT2D eigenvalue weighted by Gasteiger charge is -2.24. The molecule has 0 aromatic heterocycles. The van der Waals surface area contributed by atoms with Crippen LogP contribution in [0, 0.1) is 10.1 Å². The molecule has 0 radical (unpaired) electrons. The Balaban J connectivity index is 3.03. The summed E-state index contributed by atoms with van der Waals surface area (Å²) in [7, 11) is 1.85. The summed E-state index contributed by atoms with van der Waals surface area (Å²) in [6.07, 6.45) is 0.643. The van der Waals surface area contributed by atoms with Gasteiger partial charge in [0.15, 0.2) is 0 Å². The fourth-order valence-electron chi connectivity index (χ4n) is 1.37. The lowest BCUT2D eigenvalue weighted by Crippen LogP contribution is -2.38. The standard InChI is InChI=1S/C11H15ClN2O2/c1-11(2,13-3)7-8-6-9(14(15)16)4-5-10(8)12/h4-6,13H,7H2,1-3H3. The Bertz CT molecular complexity index is 405. The van der Waals surface area contributed by atoms with Gasteiger partial charge in [0.25, 0.3) is 5.69 Å². The van der Waals surface area contributed by atoms with Gasteiger partial charge in [-0.05, 0) is 38.9 Å². The van der Waals surface area contributed by atoms with Crippen LogP contribution in [0.5, 0.6) is 0 Å². The van der Waals surface area contributed by atoms with Crippen LogP contribution in [0.2, 0.25) is 5.02 Å². The van der Waals surface area contributed by atoms with Gasteiger partial charge in [0, 0.05) is 22.7 Å². The van der Waals surface area contributed by atoms with Gasteiger partial charge < -0.3 is 5.32 Å². The first-order valence-electron chi connectivity index (χ1n) is 4.97. The average molecular weight is 243 g/mol. The minimum Gasteiger partial charge on any atom is -0.314 e. The largest absolute Gasteiger partial charge is 0.314 e. The smallest absolute Gasteiger partial charge is 0.269 e. The first-order valence-corrected chi connectivity index (χ1v) is 5.35. The molecule has 0 fully saturated rings. The van der Waals surface area contributed by atoms with E-state index in [9.17, 15) is 10.1 Å². The molecule has 1 rings (SSSR count). The average Bonchev–Trinajstić information content (AvgIpc) is 2.21. The fraction of sp³-hybridized carbons (Fsp3) is 0.455. The summed E-state index contributed by atoms with van der Waals surface area (Å²) in [6.45, 7) is 4.03. The number of nitro groups is 1. The number of hydrogen-bond acceptors (Lipinski definition) is 3. The monoisotopic (exact) mass is 242 g/mol. The van der Waals surface area contributed by atoms with E-state index in [0.29, 0.717) is 11.4 Å². The predicted molar refractivity (Wildman–Crippen MR) is 64.9 cm³/mol. The van der Waals surface area contributed by atoms with E-state index in [0.717, 1.165) is 5.56 Å². The van der Waals surface area contributed by atoms with E-state index in [2.05, 4.69) is 5.32 Å². The van der Waals surface area contributed by atoms with Gasteiger partial charge in [0.05, 0.1) is 4.92 Å². The molecule has 0 aliphatic rings. The first-order chi connectivity index (χ1) is 7.35. The predicted octanol–water partition coefficient (Wildman–Crippen LogP) is 2.79. The normalized spacial score (nSPS) is 11.5. The van der Waals surface area contributed by atoms with Crippen LogP contribution < -0.4 is 5.32 Å². The highest BCUT2D eigenvalue weighted by Gasteiger charge is 2.19. The fourth-order valence-corrected chi connectivity index (χ4v) is 1.56. The number of nitrogens with one attached hydrogen (secondary N) is 1. The molecule has 0 spiro atoms. The van der Waals surface area contributed by atoms with E-state index in [1.807, 2.05) is 20.9 Å². The maximum absolute atomic E-state index is 10.6. The van der Waals surface area contributed by atoms with Gasteiger partial charge in [-0.2, -0.15) is 0 Å². The molecule has 0 saturated carbocycles. The molecule has 4 nitrogen and oxygen atoms in total. The van der Waals surface area contributed by atoms with Gasteiger partial charge in [-0.15, -0.1) is 0 Å². The topological polar surface area (TPSA) is 55.2 Å². The first kappa shape index (κ1) is 12.9. The summed E-state index contributed by atoms with van der Waals surface area (Å²) >= 11 is 6.01. The van der Waals surface area contributed by atoms with Crippen LogP contribution >= 0.6 is 11.6 Å². The highest BCUT2D eigenvalue weighted by molar-refractivity contribution is 6.31. The molecular weight excluding hydrogens is 228 g/mol. The molecule has 0 bridgehead atoms. The number of halogens is 1. The van der Waals surface area contributed by atoms with Crippen molar-refractivity contribution in [3.63, 3.8) is 0 Å². The molecule has 1 aromatic rings. The number of nitrogens with zero attached hydrogens (tertiary/aromatic N) is 1. The summed E-state index contributed by atoms with van der Waals surface area (Å²) in [5.74, 6) is 0. The third-order valence-electron chi connectivity index (χ3n) is 2.55. The molecule has 0 heterocycles. The van der Waals surface area contributed by atoms with Crippen LogP contribution in [0.4, 0.5) is 5.69 Å². The van der Waals surface area contributed by atoms with Crippen LogP contribution in [0.25, 0.3) is 0 Å². The molecule has 88 valence electrons. The van der Waals surface area contributed by atoms with Crippen molar-refractivity contribution in [2.75, 3.05) is 7.05 Å². The van der Waals surface area contributed by atoms with Gasteiger partial charge in [-0.3, -0.25) is 10.1 Å². The number of nitro benzene ring substituents is 1. The lowest BCUT2D eigenvalue weighted by molar-refractivity contribution is -0.384. The molecule has 16 heavy (non-hydrogen) atoms. The zero-order chi connectivity index (χ0) is 12.3. The van der Waals surface area contributed by atoms with Gasteiger partial charge in [0.1, 0.15) is 0 Å². The minimum absolute atomic E-state index is 0.0753. The third-order valence-corrected chi connectivity index (χ3v) is 2.92. The summed E-state index contributed by atoms with van der Waals surface area (Å²) in [5, 5.41) is 14.3. The van der Waals surface area contributed by atoms with E-state index in [4.69, 9.17) is 11.6 Å².